The minimum Gasteiger partial charge on any atom is -0.507 e. The molecule has 4 rings (SSSR count). The Labute approximate surface area is 201 Å². The molecule has 1 N–H and O–H groups in total. The number of phenols is 1. The van der Waals surface area contributed by atoms with Crippen molar-refractivity contribution in [3.05, 3.63) is 48.0 Å². The lowest BCUT2D eigenvalue weighted by Gasteiger charge is -2.21. The molecule has 34 heavy (non-hydrogen) atoms. The normalized spacial score (nSPS) is 18.2. The van der Waals surface area contributed by atoms with Gasteiger partial charge in [-0.15, -0.1) is 0 Å². The van der Waals surface area contributed by atoms with Gasteiger partial charge in [0.05, 0.1) is 44.7 Å². The van der Waals surface area contributed by atoms with E-state index in [0.29, 0.717) is 32.2 Å². The predicted molar refractivity (Wildman–Crippen MR) is 134 cm³/mol. The second kappa shape index (κ2) is 11.4. The molecule has 1 aliphatic rings. The highest BCUT2D eigenvalue weighted by Gasteiger charge is 2.23. The van der Waals surface area contributed by atoms with E-state index in [0.717, 1.165) is 40.3 Å². The van der Waals surface area contributed by atoms with E-state index in [1.54, 1.807) is 0 Å². The summed E-state index contributed by atoms with van der Waals surface area (Å²) in [5.41, 5.74) is 1.18. The van der Waals surface area contributed by atoms with E-state index in [1.165, 1.54) is 5.56 Å². The number of benzene rings is 3. The summed E-state index contributed by atoms with van der Waals surface area (Å²) in [7, 11) is 0. The fourth-order valence-electron chi connectivity index (χ4n) is 3.92. The Hall–Kier alpha value is -2.38. The first-order chi connectivity index (χ1) is 16.5. The van der Waals surface area contributed by atoms with Crippen LogP contribution in [0.25, 0.3) is 21.5 Å². The number of aromatic hydroxyl groups is 1. The summed E-state index contributed by atoms with van der Waals surface area (Å²) in [5, 5.41) is 14.3. The molecule has 6 heteroatoms. The zero-order valence-electron chi connectivity index (χ0n) is 20.6. The summed E-state index contributed by atoms with van der Waals surface area (Å²) >= 11 is 0. The summed E-state index contributed by atoms with van der Waals surface area (Å²) < 4.78 is 29.0. The lowest BCUT2D eigenvalue weighted by molar-refractivity contribution is -0.0740. The summed E-state index contributed by atoms with van der Waals surface area (Å²) in [6.07, 6.45) is 1.03. The Bertz CT molecular complexity index is 1090. The van der Waals surface area contributed by atoms with Gasteiger partial charge in [-0.3, -0.25) is 0 Å². The standard InChI is InChI=1S/C28H36O6/c1-5-21-10-11-25-26(12-21)27(29)23-8-6-7-9-24(23)28(25)34-15-20(4)31-13-18(2)30-14-19(3)32-16-22-17-33-22/h6-12,18-20,22,29H,5,13-17H2,1-4H3. The van der Waals surface area contributed by atoms with Crippen LogP contribution < -0.4 is 4.74 Å². The molecule has 0 aliphatic carbocycles. The first-order valence-electron chi connectivity index (χ1n) is 12.2. The zero-order valence-corrected chi connectivity index (χ0v) is 20.6. The third-order valence-electron chi connectivity index (χ3n) is 6.08. The van der Waals surface area contributed by atoms with Crippen molar-refractivity contribution < 1.29 is 28.8 Å². The van der Waals surface area contributed by atoms with E-state index in [2.05, 4.69) is 13.0 Å². The maximum atomic E-state index is 10.9. The van der Waals surface area contributed by atoms with Gasteiger partial charge in [0, 0.05) is 21.5 Å². The van der Waals surface area contributed by atoms with Crippen LogP contribution in [-0.4, -0.2) is 62.6 Å². The molecule has 3 aromatic carbocycles. The lowest BCUT2D eigenvalue weighted by Crippen LogP contribution is -2.27. The number of ether oxygens (including phenoxy) is 5. The van der Waals surface area contributed by atoms with E-state index in [9.17, 15) is 5.11 Å². The zero-order chi connectivity index (χ0) is 24.1. The smallest absolute Gasteiger partial charge is 0.135 e. The van der Waals surface area contributed by atoms with Gasteiger partial charge in [-0.2, -0.15) is 0 Å². The van der Waals surface area contributed by atoms with Crippen molar-refractivity contribution >= 4 is 21.5 Å². The van der Waals surface area contributed by atoms with E-state index in [1.807, 2.05) is 57.2 Å². The molecule has 6 nitrogen and oxygen atoms in total. The van der Waals surface area contributed by atoms with Gasteiger partial charge in [0.15, 0.2) is 0 Å². The number of hydrogen-bond donors (Lipinski definition) is 1. The third kappa shape index (κ3) is 6.19. The average molecular weight is 469 g/mol. The van der Waals surface area contributed by atoms with Crippen LogP contribution in [0.2, 0.25) is 0 Å². The second-order valence-corrected chi connectivity index (χ2v) is 9.16. The van der Waals surface area contributed by atoms with Crippen molar-refractivity contribution in [2.45, 2.75) is 58.5 Å². The molecule has 4 atom stereocenters. The van der Waals surface area contributed by atoms with Gasteiger partial charge in [0.1, 0.15) is 24.2 Å². The SMILES string of the molecule is CCc1ccc2c(OCC(C)OCC(C)OCC(C)OCC3CO3)c3ccccc3c(O)c2c1. The number of aryl methyl sites for hydroxylation is 1. The Morgan fingerprint density at radius 3 is 2.15 bits per heavy atom. The van der Waals surface area contributed by atoms with Crippen LogP contribution in [0.4, 0.5) is 0 Å². The predicted octanol–water partition coefficient (Wildman–Crippen LogP) is 5.25. The number of phenolic OH excluding ortho intramolecular Hbond substituents is 1. The minimum absolute atomic E-state index is 0.0247. The third-order valence-corrected chi connectivity index (χ3v) is 6.08. The highest BCUT2D eigenvalue weighted by Crippen LogP contribution is 2.42. The van der Waals surface area contributed by atoms with Gasteiger partial charge < -0.3 is 28.8 Å². The van der Waals surface area contributed by atoms with Gasteiger partial charge in [-0.05, 0) is 38.8 Å². The van der Waals surface area contributed by atoms with Crippen LogP contribution in [0.15, 0.2) is 42.5 Å². The molecule has 1 saturated heterocycles. The lowest BCUT2D eigenvalue weighted by atomic mass is 9.98. The van der Waals surface area contributed by atoms with E-state index >= 15 is 0 Å². The molecule has 0 amide bonds. The fraction of sp³-hybridized carbons (Fsp3) is 0.500. The van der Waals surface area contributed by atoms with Gasteiger partial charge in [0.2, 0.25) is 0 Å². The Morgan fingerprint density at radius 1 is 0.853 bits per heavy atom. The van der Waals surface area contributed by atoms with Crippen LogP contribution in [-0.2, 0) is 25.4 Å². The molecule has 1 aliphatic heterocycles. The maximum Gasteiger partial charge on any atom is 0.135 e. The number of rotatable bonds is 13. The molecular weight excluding hydrogens is 432 g/mol. The molecule has 0 radical (unpaired) electrons. The minimum atomic E-state index is -0.121. The van der Waals surface area contributed by atoms with Crippen molar-refractivity contribution in [3.8, 4) is 11.5 Å². The Morgan fingerprint density at radius 2 is 1.47 bits per heavy atom. The number of hydrogen-bond acceptors (Lipinski definition) is 6. The summed E-state index contributed by atoms with van der Waals surface area (Å²) in [5.74, 6) is 1.07. The van der Waals surface area contributed by atoms with Crippen molar-refractivity contribution in [1.82, 2.24) is 0 Å². The molecule has 1 heterocycles. The van der Waals surface area contributed by atoms with Gasteiger partial charge in [0.25, 0.3) is 0 Å². The van der Waals surface area contributed by atoms with E-state index in [4.69, 9.17) is 23.7 Å². The largest absolute Gasteiger partial charge is 0.507 e. The van der Waals surface area contributed by atoms with Crippen LogP contribution in [0, 0.1) is 0 Å². The number of epoxide rings is 1. The first kappa shape index (κ1) is 24.7. The second-order valence-electron chi connectivity index (χ2n) is 9.16. The molecule has 0 aromatic heterocycles. The van der Waals surface area contributed by atoms with E-state index in [-0.39, 0.29) is 24.4 Å². The van der Waals surface area contributed by atoms with Gasteiger partial charge in [-0.1, -0.05) is 43.3 Å². The van der Waals surface area contributed by atoms with Crippen LogP contribution in [0.1, 0.15) is 33.3 Å². The summed E-state index contributed by atoms with van der Waals surface area (Å²) in [6, 6.07) is 14.0. The summed E-state index contributed by atoms with van der Waals surface area (Å²) in [6.45, 7) is 10.9. The quantitative estimate of drug-likeness (QED) is 0.273. The number of fused-ring (bicyclic) bond motifs is 2. The molecule has 1 fully saturated rings. The molecule has 4 unspecified atom stereocenters. The van der Waals surface area contributed by atoms with Crippen LogP contribution in [0.5, 0.6) is 11.5 Å². The first-order valence-corrected chi connectivity index (χ1v) is 12.2. The van der Waals surface area contributed by atoms with Crippen LogP contribution >= 0.6 is 0 Å². The summed E-state index contributed by atoms with van der Waals surface area (Å²) in [4.78, 5) is 0. The highest BCUT2D eigenvalue weighted by molar-refractivity contribution is 6.10. The van der Waals surface area contributed by atoms with Gasteiger partial charge in [-0.25, -0.2) is 0 Å². The van der Waals surface area contributed by atoms with Crippen molar-refractivity contribution in [2.24, 2.45) is 0 Å². The Kier molecular flexibility index (Phi) is 8.27. The van der Waals surface area contributed by atoms with E-state index < -0.39 is 0 Å². The monoisotopic (exact) mass is 468 g/mol. The average Bonchev–Trinajstić information content (AvgIpc) is 3.69. The molecule has 0 bridgehead atoms. The molecule has 184 valence electrons. The maximum absolute atomic E-state index is 10.9. The fourth-order valence-corrected chi connectivity index (χ4v) is 3.92. The molecular formula is C28H36O6. The van der Waals surface area contributed by atoms with Crippen LogP contribution in [0.3, 0.4) is 0 Å². The highest BCUT2D eigenvalue weighted by atomic mass is 16.6. The van der Waals surface area contributed by atoms with Gasteiger partial charge >= 0.3 is 0 Å². The topological polar surface area (TPSA) is 69.7 Å². The van der Waals surface area contributed by atoms with Crippen molar-refractivity contribution in [1.29, 1.82) is 0 Å². The van der Waals surface area contributed by atoms with Crippen molar-refractivity contribution in [2.75, 3.05) is 33.0 Å². The molecule has 0 saturated carbocycles. The van der Waals surface area contributed by atoms with Crippen molar-refractivity contribution in [3.63, 3.8) is 0 Å². The molecule has 0 spiro atoms. The molecule has 3 aromatic rings. The Balaban J connectivity index is 1.35.